The van der Waals surface area contributed by atoms with Gasteiger partial charge in [-0.1, -0.05) is 28.9 Å². The molecule has 0 N–H and O–H groups in total. The molecule has 0 bridgehead atoms. The van der Waals surface area contributed by atoms with Crippen LogP contribution in [0.3, 0.4) is 0 Å². The van der Waals surface area contributed by atoms with E-state index in [9.17, 15) is 4.79 Å². The van der Waals surface area contributed by atoms with Crippen LogP contribution in [0, 0.1) is 27.7 Å². The number of aromatic nitrogens is 1. The number of hydrogen-bond acceptors (Lipinski definition) is 4. The van der Waals surface area contributed by atoms with Crippen LogP contribution in [0.5, 0.6) is 0 Å². The molecule has 1 aromatic heterocycles. The summed E-state index contributed by atoms with van der Waals surface area (Å²) < 4.78 is 11.2. The third-order valence-corrected chi connectivity index (χ3v) is 5.04. The fourth-order valence-electron chi connectivity index (χ4n) is 3.41. The zero-order valence-corrected chi connectivity index (χ0v) is 15.6. The van der Waals surface area contributed by atoms with Gasteiger partial charge in [-0.05, 0) is 45.7 Å². The van der Waals surface area contributed by atoms with Gasteiger partial charge in [0.2, 0.25) is 5.91 Å². The Morgan fingerprint density at radius 3 is 2.72 bits per heavy atom. The van der Waals surface area contributed by atoms with Gasteiger partial charge in [0.15, 0.2) is 0 Å². The number of benzene rings is 1. The van der Waals surface area contributed by atoms with Crippen LogP contribution in [-0.4, -0.2) is 35.2 Å². The van der Waals surface area contributed by atoms with Crippen LogP contribution < -0.4 is 0 Å². The first kappa shape index (κ1) is 17.7. The number of morpholine rings is 1. The summed E-state index contributed by atoms with van der Waals surface area (Å²) in [5.74, 6) is 0.818. The minimum Gasteiger partial charge on any atom is -0.370 e. The van der Waals surface area contributed by atoms with Crippen LogP contribution in [0.25, 0.3) is 0 Å². The molecule has 2 aromatic rings. The van der Waals surface area contributed by atoms with E-state index >= 15 is 0 Å². The van der Waals surface area contributed by atoms with E-state index in [0.29, 0.717) is 19.6 Å². The molecule has 0 aliphatic carbocycles. The molecule has 1 saturated heterocycles. The molecule has 1 aliphatic rings. The molecule has 3 rings (SSSR count). The number of carbonyl (C=O) groups excluding carboxylic acids is 1. The Balaban J connectivity index is 1.78. The molecular weight excluding hydrogens is 316 g/mol. The summed E-state index contributed by atoms with van der Waals surface area (Å²) in [6, 6.07) is 6.44. The predicted molar refractivity (Wildman–Crippen MR) is 95.5 cm³/mol. The van der Waals surface area contributed by atoms with Crippen LogP contribution in [0.15, 0.2) is 22.7 Å². The second-order valence-corrected chi connectivity index (χ2v) is 7.06. The fraction of sp³-hybridized carbons (Fsp3) is 0.500. The second-order valence-electron chi connectivity index (χ2n) is 7.06. The van der Waals surface area contributed by atoms with Crippen molar-refractivity contribution >= 4 is 5.91 Å². The van der Waals surface area contributed by atoms with E-state index in [1.54, 1.807) is 0 Å². The van der Waals surface area contributed by atoms with Crippen molar-refractivity contribution < 1.29 is 14.1 Å². The van der Waals surface area contributed by atoms with Crippen molar-refractivity contribution in [3.8, 4) is 0 Å². The SMILES string of the molecule is Cc1ccc(C)c([C@H]2CN(C(=O)Cc3c(C)noc3C)[C@@H](C)CO2)c1. The quantitative estimate of drug-likeness (QED) is 0.857. The van der Waals surface area contributed by atoms with Crippen molar-refractivity contribution in [3.05, 3.63) is 51.9 Å². The number of carbonyl (C=O) groups is 1. The highest BCUT2D eigenvalue weighted by molar-refractivity contribution is 5.79. The Bertz CT molecular complexity index is 762. The van der Waals surface area contributed by atoms with E-state index in [2.05, 4.69) is 37.2 Å². The number of nitrogens with zero attached hydrogens (tertiary/aromatic N) is 2. The summed E-state index contributed by atoms with van der Waals surface area (Å²) in [5, 5.41) is 3.95. The van der Waals surface area contributed by atoms with Crippen LogP contribution in [0.4, 0.5) is 0 Å². The van der Waals surface area contributed by atoms with Crippen molar-refractivity contribution in [2.75, 3.05) is 13.2 Å². The molecule has 5 heteroatoms. The lowest BCUT2D eigenvalue weighted by Crippen LogP contribution is -2.49. The molecular formula is C20H26N2O3. The lowest BCUT2D eigenvalue weighted by Gasteiger charge is -2.38. The first-order chi connectivity index (χ1) is 11.9. The molecule has 134 valence electrons. The van der Waals surface area contributed by atoms with Crippen LogP contribution in [-0.2, 0) is 16.0 Å². The van der Waals surface area contributed by atoms with E-state index in [1.165, 1.54) is 16.7 Å². The van der Waals surface area contributed by atoms with Gasteiger partial charge in [0, 0.05) is 5.56 Å². The van der Waals surface area contributed by atoms with E-state index in [4.69, 9.17) is 9.26 Å². The molecule has 2 heterocycles. The van der Waals surface area contributed by atoms with Crippen molar-refractivity contribution in [3.63, 3.8) is 0 Å². The summed E-state index contributed by atoms with van der Waals surface area (Å²) in [7, 11) is 0. The fourth-order valence-corrected chi connectivity index (χ4v) is 3.41. The van der Waals surface area contributed by atoms with Crippen LogP contribution >= 0.6 is 0 Å². The highest BCUT2D eigenvalue weighted by atomic mass is 16.5. The molecule has 1 aliphatic heterocycles. The third-order valence-electron chi connectivity index (χ3n) is 5.04. The average molecular weight is 342 g/mol. The topological polar surface area (TPSA) is 55.6 Å². The van der Waals surface area contributed by atoms with Gasteiger partial charge in [-0.15, -0.1) is 0 Å². The Morgan fingerprint density at radius 2 is 2.04 bits per heavy atom. The summed E-state index contributed by atoms with van der Waals surface area (Å²) in [4.78, 5) is 14.8. The van der Waals surface area contributed by atoms with E-state index in [0.717, 1.165) is 17.0 Å². The Hall–Kier alpha value is -2.14. The Morgan fingerprint density at radius 1 is 1.28 bits per heavy atom. The van der Waals surface area contributed by atoms with Gasteiger partial charge in [0.25, 0.3) is 0 Å². The predicted octanol–water partition coefficient (Wildman–Crippen LogP) is 3.44. The zero-order valence-electron chi connectivity index (χ0n) is 15.6. The van der Waals surface area contributed by atoms with Gasteiger partial charge in [0.1, 0.15) is 11.9 Å². The Kier molecular flexibility index (Phi) is 4.95. The highest BCUT2D eigenvalue weighted by Gasteiger charge is 2.31. The van der Waals surface area contributed by atoms with Gasteiger partial charge in [-0.3, -0.25) is 4.79 Å². The smallest absolute Gasteiger partial charge is 0.227 e. The lowest BCUT2D eigenvalue weighted by atomic mass is 9.98. The van der Waals surface area contributed by atoms with Gasteiger partial charge < -0.3 is 14.2 Å². The van der Waals surface area contributed by atoms with Crippen molar-refractivity contribution in [2.45, 2.75) is 53.2 Å². The first-order valence-electron chi connectivity index (χ1n) is 8.76. The molecule has 0 spiro atoms. The third kappa shape index (κ3) is 3.61. The van der Waals surface area contributed by atoms with Crippen LogP contribution in [0.1, 0.15) is 46.7 Å². The lowest BCUT2D eigenvalue weighted by molar-refractivity contribution is -0.143. The maximum absolute atomic E-state index is 12.9. The number of rotatable bonds is 3. The van der Waals surface area contributed by atoms with Gasteiger partial charge in [0.05, 0.1) is 31.3 Å². The molecule has 5 nitrogen and oxygen atoms in total. The Labute approximate surface area is 148 Å². The van der Waals surface area contributed by atoms with Crippen molar-refractivity contribution in [2.24, 2.45) is 0 Å². The monoisotopic (exact) mass is 342 g/mol. The van der Waals surface area contributed by atoms with E-state index in [-0.39, 0.29) is 18.1 Å². The van der Waals surface area contributed by atoms with Crippen molar-refractivity contribution in [1.29, 1.82) is 0 Å². The van der Waals surface area contributed by atoms with Gasteiger partial charge in [-0.25, -0.2) is 0 Å². The minimum atomic E-state index is -0.0790. The second kappa shape index (κ2) is 7.00. The summed E-state index contributed by atoms with van der Waals surface area (Å²) in [6.45, 7) is 11.1. The molecule has 1 fully saturated rings. The average Bonchev–Trinajstić information content (AvgIpc) is 2.89. The van der Waals surface area contributed by atoms with E-state index in [1.807, 2.05) is 25.7 Å². The molecule has 1 aromatic carbocycles. The molecule has 0 radical (unpaired) electrons. The summed E-state index contributed by atoms with van der Waals surface area (Å²) >= 11 is 0. The number of hydrogen-bond donors (Lipinski definition) is 0. The standard InChI is InChI=1S/C20H26N2O3/c1-12-6-7-13(2)17(8-12)19-10-22(14(3)11-24-19)20(23)9-18-15(4)21-25-16(18)5/h6-8,14,19H,9-11H2,1-5H3/t14-,19+/m0/s1. The van der Waals surface area contributed by atoms with Crippen LogP contribution in [0.2, 0.25) is 0 Å². The summed E-state index contributed by atoms with van der Waals surface area (Å²) in [5.41, 5.74) is 5.26. The molecule has 25 heavy (non-hydrogen) atoms. The molecule has 1 amide bonds. The molecule has 0 unspecified atom stereocenters. The minimum absolute atomic E-state index is 0.0642. The normalized spacial score (nSPS) is 20.8. The maximum atomic E-state index is 12.9. The zero-order chi connectivity index (χ0) is 18.1. The van der Waals surface area contributed by atoms with Crippen molar-refractivity contribution in [1.82, 2.24) is 10.1 Å². The molecule has 0 saturated carbocycles. The number of ether oxygens (including phenoxy) is 1. The van der Waals surface area contributed by atoms with E-state index < -0.39 is 0 Å². The number of amides is 1. The summed E-state index contributed by atoms with van der Waals surface area (Å²) in [6.07, 6.45) is 0.245. The van der Waals surface area contributed by atoms with Gasteiger partial charge in [-0.2, -0.15) is 0 Å². The number of aryl methyl sites for hydroxylation is 4. The first-order valence-corrected chi connectivity index (χ1v) is 8.76. The molecule has 2 atom stereocenters. The van der Waals surface area contributed by atoms with Gasteiger partial charge >= 0.3 is 0 Å². The highest BCUT2D eigenvalue weighted by Crippen LogP contribution is 2.28. The largest absolute Gasteiger partial charge is 0.370 e. The maximum Gasteiger partial charge on any atom is 0.227 e.